The topological polar surface area (TPSA) is 35.6 Å². The van der Waals surface area contributed by atoms with Crippen molar-refractivity contribution in [1.29, 1.82) is 0 Å². The summed E-state index contributed by atoms with van der Waals surface area (Å²) in [6.45, 7) is 4.48. The van der Waals surface area contributed by atoms with Crippen molar-refractivity contribution in [3.05, 3.63) is 39.9 Å². The Morgan fingerprint density at radius 3 is 2.56 bits per heavy atom. The van der Waals surface area contributed by atoms with Crippen molar-refractivity contribution >= 4 is 34.9 Å². The lowest BCUT2D eigenvalue weighted by molar-refractivity contribution is 0.148. The third kappa shape index (κ3) is 5.37. The van der Waals surface area contributed by atoms with E-state index in [1.54, 1.807) is 23.8 Å². The number of allylic oxidation sites excluding steroid dienone is 1. The Kier molecular flexibility index (Phi) is 6.63. The molecule has 1 fully saturated rings. The maximum absolute atomic E-state index is 12.4. The van der Waals surface area contributed by atoms with E-state index in [4.69, 9.17) is 23.2 Å². The number of hydrogen-bond acceptors (Lipinski definition) is 2. The number of nitrogens with one attached hydrogen (secondary N) is 1. The molecule has 3 rings (SSSR count). The summed E-state index contributed by atoms with van der Waals surface area (Å²) in [5, 5.41) is 3.83. The summed E-state index contributed by atoms with van der Waals surface area (Å²) in [5.74, 6) is 0. The Balaban J connectivity index is 1.42. The van der Waals surface area contributed by atoms with Crippen LogP contribution in [0.4, 0.5) is 10.5 Å². The van der Waals surface area contributed by atoms with E-state index in [-0.39, 0.29) is 6.03 Å². The Labute approximate surface area is 159 Å². The average Bonchev–Trinajstić information content (AvgIpc) is 2.64. The minimum absolute atomic E-state index is 0.0759. The summed E-state index contributed by atoms with van der Waals surface area (Å²) in [5.41, 5.74) is 2.29. The molecule has 1 N–H and O–H groups in total. The number of benzene rings is 1. The summed E-state index contributed by atoms with van der Waals surface area (Å²) in [6.07, 6.45) is 8.80. The van der Waals surface area contributed by atoms with Crippen LogP contribution in [0.2, 0.25) is 10.0 Å². The number of amides is 2. The molecule has 2 aliphatic rings. The second-order valence-corrected chi connectivity index (χ2v) is 7.56. The monoisotopic (exact) mass is 381 g/mol. The smallest absolute Gasteiger partial charge is 0.321 e. The first kappa shape index (κ1) is 18.6. The first-order valence-corrected chi connectivity index (χ1v) is 9.78. The zero-order chi connectivity index (χ0) is 17.6. The van der Waals surface area contributed by atoms with Crippen molar-refractivity contribution < 1.29 is 4.79 Å². The number of hydrogen-bond donors (Lipinski definition) is 1. The lowest BCUT2D eigenvalue weighted by atomic mass is 9.97. The van der Waals surface area contributed by atoms with E-state index in [1.165, 1.54) is 32.1 Å². The number of piperazine rings is 1. The molecule has 0 unspecified atom stereocenters. The molecular formula is C19H25Cl2N3O. The van der Waals surface area contributed by atoms with Gasteiger partial charge in [-0.15, -0.1) is 0 Å². The van der Waals surface area contributed by atoms with Crippen LogP contribution in [-0.4, -0.2) is 48.6 Å². The van der Waals surface area contributed by atoms with E-state index in [0.717, 1.165) is 32.7 Å². The highest BCUT2D eigenvalue weighted by Crippen LogP contribution is 2.25. The van der Waals surface area contributed by atoms with Gasteiger partial charge in [-0.3, -0.25) is 4.90 Å². The van der Waals surface area contributed by atoms with Gasteiger partial charge in [-0.2, -0.15) is 0 Å². The van der Waals surface area contributed by atoms with Gasteiger partial charge in [0.2, 0.25) is 0 Å². The van der Waals surface area contributed by atoms with E-state index in [1.807, 2.05) is 4.90 Å². The maximum Gasteiger partial charge on any atom is 0.321 e. The highest BCUT2D eigenvalue weighted by molar-refractivity contribution is 6.42. The third-order valence-electron chi connectivity index (χ3n) is 4.96. The summed E-state index contributed by atoms with van der Waals surface area (Å²) >= 11 is 11.9. The molecule has 0 atom stereocenters. The number of carbonyl (C=O) groups is 1. The fourth-order valence-corrected chi connectivity index (χ4v) is 3.68. The van der Waals surface area contributed by atoms with Gasteiger partial charge in [0, 0.05) is 38.4 Å². The summed E-state index contributed by atoms with van der Waals surface area (Å²) in [7, 11) is 0. The molecule has 2 amide bonds. The number of rotatable bonds is 4. The summed E-state index contributed by atoms with van der Waals surface area (Å²) in [6, 6.07) is 5.06. The third-order valence-corrected chi connectivity index (χ3v) is 5.70. The predicted octanol–water partition coefficient (Wildman–Crippen LogP) is 5.03. The van der Waals surface area contributed by atoms with Gasteiger partial charge in [0.05, 0.1) is 10.0 Å². The molecule has 25 heavy (non-hydrogen) atoms. The van der Waals surface area contributed by atoms with E-state index >= 15 is 0 Å². The normalized spacial score (nSPS) is 18.8. The van der Waals surface area contributed by atoms with Crippen LogP contribution < -0.4 is 5.32 Å². The van der Waals surface area contributed by atoms with Gasteiger partial charge < -0.3 is 10.2 Å². The molecule has 0 radical (unpaired) electrons. The average molecular weight is 382 g/mol. The van der Waals surface area contributed by atoms with Crippen LogP contribution >= 0.6 is 23.2 Å². The molecule has 4 nitrogen and oxygen atoms in total. The molecule has 1 aliphatic heterocycles. The van der Waals surface area contributed by atoms with Crippen LogP contribution in [0.25, 0.3) is 0 Å². The zero-order valence-corrected chi connectivity index (χ0v) is 16.0. The minimum Gasteiger partial charge on any atom is -0.322 e. The fourth-order valence-electron chi connectivity index (χ4n) is 3.38. The lowest BCUT2D eigenvalue weighted by Gasteiger charge is -2.35. The molecule has 0 bridgehead atoms. The number of halogens is 2. The standard InChI is InChI=1S/C19H25Cl2N3O/c20-17-7-6-16(14-18(17)21)22-19(25)24-12-10-23(11-13-24)9-8-15-4-2-1-3-5-15/h4,6-7,14H,1-3,5,8-13H2,(H,22,25). The molecule has 136 valence electrons. The first-order valence-electron chi connectivity index (χ1n) is 9.03. The first-order chi connectivity index (χ1) is 12.1. The van der Waals surface area contributed by atoms with Gasteiger partial charge in [-0.25, -0.2) is 4.79 Å². The Hall–Kier alpha value is -1.23. The number of anilines is 1. The van der Waals surface area contributed by atoms with Crippen molar-refractivity contribution in [2.45, 2.75) is 32.1 Å². The van der Waals surface area contributed by atoms with Crippen LogP contribution in [0, 0.1) is 0 Å². The minimum atomic E-state index is -0.0759. The number of urea groups is 1. The van der Waals surface area contributed by atoms with Crippen LogP contribution in [-0.2, 0) is 0 Å². The molecule has 0 saturated carbocycles. The second-order valence-electron chi connectivity index (χ2n) is 6.75. The van der Waals surface area contributed by atoms with E-state index < -0.39 is 0 Å². The highest BCUT2D eigenvalue weighted by atomic mass is 35.5. The van der Waals surface area contributed by atoms with Crippen molar-refractivity contribution in [3.63, 3.8) is 0 Å². The van der Waals surface area contributed by atoms with Gasteiger partial charge in [0.15, 0.2) is 0 Å². The quantitative estimate of drug-likeness (QED) is 0.741. The van der Waals surface area contributed by atoms with E-state index in [2.05, 4.69) is 16.3 Å². The Morgan fingerprint density at radius 1 is 1.08 bits per heavy atom. The number of nitrogens with zero attached hydrogens (tertiary/aromatic N) is 2. The Bertz CT molecular complexity index is 640. The van der Waals surface area contributed by atoms with Crippen LogP contribution in [0.15, 0.2) is 29.8 Å². The highest BCUT2D eigenvalue weighted by Gasteiger charge is 2.21. The van der Waals surface area contributed by atoms with Crippen LogP contribution in [0.5, 0.6) is 0 Å². The van der Waals surface area contributed by atoms with Gasteiger partial charge >= 0.3 is 6.03 Å². The molecule has 6 heteroatoms. The van der Waals surface area contributed by atoms with Gasteiger partial charge in [0.25, 0.3) is 0 Å². The van der Waals surface area contributed by atoms with Crippen molar-refractivity contribution in [1.82, 2.24) is 9.80 Å². The molecular weight excluding hydrogens is 357 g/mol. The fraction of sp³-hybridized carbons (Fsp3) is 0.526. The Morgan fingerprint density at radius 2 is 1.88 bits per heavy atom. The van der Waals surface area contributed by atoms with Gasteiger partial charge in [-0.05, 0) is 50.3 Å². The predicted molar refractivity (Wildman–Crippen MR) is 105 cm³/mol. The summed E-state index contributed by atoms with van der Waals surface area (Å²) in [4.78, 5) is 16.7. The largest absolute Gasteiger partial charge is 0.322 e. The SMILES string of the molecule is O=C(Nc1ccc(Cl)c(Cl)c1)N1CCN(CCC2=CCCCC2)CC1. The summed E-state index contributed by atoms with van der Waals surface area (Å²) < 4.78 is 0. The molecule has 1 heterocycles. The van der Waals surface area contributed by atoms with Gasteiger partial charge in [0.1, 0.15) is 0 Å². The van der Waals surface area contributed by atoms with Gasteiger partial charge in [-0.1, -0.05) is 34.9 Å². The van der Waals surface area contributed by atoms with Crippen LogP contribution in [0.3, 0.4) is 0 Å². The molecule has 1 aliphatic carbocycles. The van der Waals surface area contributed by atoms with E-state index in [0.29, 0.717) is 15.7 Å². The second kappa shape index (κ2) is 8.93. The van der Waals surface area contributed by atoms with Crippen molar-refractivity contribution in [2.75, 3.05) is 38.0 Å². The molecule has 1 aromatic carbocycles. The van der Waals surface area contributed by atoms with Crippen molar-refractivity contribution in [2.24, 2.45) is 0 Å². The molecule has 0 spiro atoms. The maximum atomic E-state index is 12.4. The molecule has 0 aromatic heterocycles. The zero-order valence-electron chi connectivity index (χ0n) is 14.4. The molecule has 1 saturated heterocycles. The lowest BCUT2D eigenvalue weighted by Crippen LogP contribution is -2.50. The number of carbonyl (C=O) groups excluding carboxylic acids is 1. The van der Waals surface area contributed by atoms with Crippen molar-refractivity contribution in [3.8, 4) is 0 Å². The molecule has 1 aromatic rings. The van der Waals surface area contributed by atoms with Crippen LogP contribution in [0.1, 0.15) is 32.1 Å². The van der Waals surface area contributed by atoms with E-state index in [9.17, 15) is 4.79 Å².